The van der Waals surface area contributed by atoms with Crippen molar-refractivity contribution in [2.45, 2.75) is 26.3 Å². The van der Waals surface area contributed by atoms with Crippen molar-refractivity contribution in [2.24, 2.45) is 5.73 Å². The fourth-order valence-electron chi connectivity index (χ4n) is 1.00. The van der Waals surface area contributed by atoms with Crippen molar-refractivity contribution < 1.29 is 14.7 Å². The summed E-state index contributed by atoms with van der Waals surface area (Å²) in [5.74, 6) is -0.335. The molecule has 6 heteroatoms. The van der Waals surface area contributed by atoms with Gasteiger partial charge in [0.05, 0.1) is 0 Å². The van der Waals surface area contributed by atoms with Gasteiger partial charge in [0, 0.05) is 18.6 Å². The van der Waals surface area contributed by atoms with Gasteiger partial charge in [-0.15, -0.1) is 0 Å². The van der Waals surface area contributed by atoms with E-state index in [4.69, 9.17) is 10.8 Å². The maximum atomic E-state index is 11.3. The van der Waals surface area contributed by atoms with E-state index < -0.39 is 11.6 Å². The zero-order valence-corrected chi connectivity index (χ0v) is 9.41. The predicted molar refractivity (Wildman–Crippen MR) is 56.5 cm³/mol. The summed E-state index contributed by atoms with van der Waals surface area (Å²) in [5.41, 5.74) is 4.62. The Morgan fingerprint density at radius 2 is 1.93 bits per heavy atom. The van der Waals surface area contributed by atoms with Crippen LogP contribution in [0.15, 0.2) is 0 Å². The number of carbonyl (C=O) groups is 2. The van der Waals surface area contributed by atoms with Crippen molar-refractivity contribution in [3.63, 3.8) is 0 Å². The number of carboxylic acid groups (broad SMARTS) is 1. The Labute approximate surface area is 89.4 Å². The average Bonchev–Trinajstić information content (AvgIpc) is 2.08. The molecule has 2 amide bonds. The number of nitrogens with zero attached hydrogens (tertiary/aromatic N) is 1. The molecule has 0 aromatic carbocycles. The van der Waals surface area contributed by atoms with Crippen LogP contribution in [0.3, 0.4) is 0 Å². The second-order valence-electron chi connectivity index (χ2n) is 4.18. The molecule has 4 N–H and O–H groups in total. The first-order chi connectivity index (χ1) is 6.79. The number of hydrogen-bond acceptors (Lipinski definition) is 3. The highest BCUT2D eigenvalue weighted by Crippen LogP contribution is 2.12. The molecule has 0 saturated heterocycles. The van der Waals surface area contributed by atoms with Gasteiger partial charge in [0.25, 0.3) is 0 Å². The van der Waals surface area contributed by atoms with Gasteiger partial charge in [0.1, 0.15) is 6.54 Å². The van der Waals surface area contributed by atoms with Gasteiger partial charge in [-0.2, -0.15) is 0 Å². The molecule has 0 rings (SSSR count). The first-order valence-corrected chi connectivity index (χ1v) is 4.76. The van der Waals surface area contributed by atoms with Crippen LogP contribution in [0.25, 0.3) is 0 Å². The molecule has 0 heterocycles. The Morgan fingerprint density at radius 3 is 2.27 bits per heavy atom. The molecule has 0 bridgehead atoms. The summed E-state index contributed by atoms with van der Waals surface area (Å²) in [6.07, 6.45) is -1.11. The molecule has 0 aromatic rings. The number of carbonyl (C=O) groups excluding carboxylic acids is 1. The van der Waals surface area contributed by atoms with Gasteiger partial charge in [-0.25, -0.2) is 4.79 Å². The maximum absolute atomic E-state index is 11.3. The van der Waals surface area contributed by atoms with E-state index in [1.165, 1.54) is 0 Å². The third-order valence-electron chi connectivity index (χ3n) is 1.81. The van der Waals surface area contributed by atoms with Gasteiger partial charge in [0.15, 0.2) is 0 Å². The topological polar surface area (TPSA) is 95.7 Å². The summed E-state index contributed by atoms with van der Waals surface area (Å²) in [6, 6.07) is 0. The fraction of sp³-hybridized carbons (Fsp3) is 0.778. The Kier molecular flexibility index (Phi) is 5.07. The molecule has 6 nitrogen and oxygen atoms in total. The summed E-state index contributed by atoms with van der Waals surface area (Å²) in [6.45, 7) is 5.73. The monoisotopic (exact) mass is 217 g/mol. The molecule has 0 unspecified atom stereocenters. The van der Waals surface area contributed by atoms with E-state index in [0.29, 0.717) is 13.1 Å². The number of hydrogen-bond donors (Lipinski definition) is 3. The van der Waals surface area contributed by atoms with Crippen LogP contribution in [0.5, 0.6) is 0 Å². The standard InChI is InChI=1S/C9H19N3O3/c1-9(2,3)12(8(14)15)6-7(13)11-5-4-10/h4-6,10H2,1-3H3,(H,11,13)(H,14,15). The van der Waals surface area contributed by atoms with Crippen LogP contribution >= 0.6 is 0 Å². The lowest BCUT2D eigenvalue weighted by molar-refractivity contribution is -0.122. The molecule has 0 aliphatic carbocycles. The number of nitrogens with one attached hydrogen (secondary N) is 1. The van der Waals surface area contributed by atoms with Gasteiger partial charge in [-0.1, -0.05) is 0 Å². The first kappa shape index (κ1) is 13.7. The van der Waals surface area contributed by atoms with Gasteiger partial charge in [0.2, 0.25) is 5.91 Å². The Morgan fingerprint density at radius 1 is 1.40 bits per heavy atom. The third kappa shape index (κ3) is 5.21. The third-order valence-corrected chi connectivity index (χ3v) is 1.81. The highest BCUT2D eigenvalue weighted by atomic mass is 16.4. The van der Waals surface area contributed by atoms with E-state index in [1.807, 2.05) is 0 Å². The lowest BCUT2D eigenvalue weighted by atomic mass is 10.1. The van der Waals surface area contributed by atoms with Crippen molar-refractivity contribution in [3.05, 3.63) is 0 Å². The number of nitrogens with two attached hydrogens (primary N) is 1. The van der Waals surface area contributed by atoms with Crippen molar-refractivity contribution >= 4 is 12.0 Å². The van der Waals surface area contributed by atoms with E-state index in [0.717, 1.165) is 4.90 Å². The molecular weight excluding hydrogens is 198 g/mol. The summed E-state index contributed by atoms with van der Waals surface area (Å²) >= 11 is 0. The van der Waals surface area contributed by atoms with E-state index in [9.17, 15) is 9.59 Å². The van der Waals surface area contributed by atoms with Crippen molar-refractivity contribution in [1.82, 2.24) is 10.2 Å². The smallest absolute Gasteiger partial charge is 0.408 e. The molecular formula is C9H19N3O3. The van der Waals surface area contributed by atoms with Gasteiger partial charge < -0.3 is 16.2 Å². The van der Waals surface area contributed by atoms with Gasteiger partial charge >= 0.3 is 6.09 Å². The van der Waals surface area contributed by atoms with Gasteiger partial charge in [-0.3, -0.25) is 9.69 Å². The summed E-state index contributed by atoms with van der Waals surface area (Å²) in [7, 11) is 0. The zero-order valence-electron chi connectivity index (χ0n) is 9.41. The highest BCUT2D eigenvalue weighted by molar-refractivity contribution is 5.82. The first-order valence-electron chi connectivity index (χ1n) is 4.76. The molecule has 0 aromatic heterocycles. The second-order valence-corrected chi connectivity index (χ2v) is 4.18. The predicted octanol–water partition coefficient (Wildman–Crippen LogP) is -0.160. The van der Waals surface area contributed by atoms with Crippen LogP contribution in [0.1, 0.15) is 20.8 Å². The van der Waals surface area contributed by atoms with Crippen molar-refractivity contribution in [1.29, 1.82) is 0 Å². The molecule has 0 radical (unpaired) electrons. The van der Waals surface area contributed by atoms with E-state index in [2.05, 4.69) is 5.32 Å². The molecule has 88 valence electrons. The largest absolute Gasteiger partial charge is 0.465 e. The van der Waals surface area contributed by atoms with Crippen LogP contribution < -0.4 is 11.1 Å². The van der Waals surface area contributed by atoms with Crippen LogP contribution in [-0.2, 0) is 4.79 Å². The highest BCUT2D eigenvalue weighted by Gasteiger charge is 2.27. The molecule has 0 aliphatic heterocycles. The molecule has 0 aliphatic rings. The summed E-state index contributed by atoms with van der Waals surface area (Å²) in [5, 5.41) is 11.4. The van der Waals surface area contributed by atoms with Crippen LogP contribution in [0, 0.1) is 0 Å². The Balaban J connectivity index is 4.31. The summed E-state index contributed by atoms with van der Waals surface area (Å²) in [4.78, 5) is 23.3. The van der Waals surface area contributed by atoms with Crippen LogP contribution in [0.2, 0.25) is 0 Å². The maximum Gasteiger partial charge on any atom is 0.408 e. The summed E-state index contributed by atoms with van der Waals surface area (Å²) < 4.78 is 0. The lowest BCUT2D eigenvalue weighted by Gasteiger charge is -2.32. The molecule has 0 saturated carbocycles. The van der Waals surface area contributed by atoms with Gasteiger partial charge in [-0.05, 0) is 20.8 Å². The zero-order chi connectivity index (χ0) is 12.1. The number of rotatable bonds is 4. The SMILES string of the molecule is CC(C)(C)N(CC(=O)NCCN)C(=O)O. The second kappa shape index (κ2) is 5.55. The minimum Gasteiger partial charge on any atom is -0.465 e. The molecule has 15 heavy (non-hydrogen) atoms. The van der Waals surface area contributed by atoms with Crippen LogP contribution in [0.4, 0.5) is 4.79 Å². The lowest BCUT2D eigenvalue weighted by Crippen LogP contribution is -2.50. The van der Waals surface area contributed by atoms with E-state index in [1.54, 1.807) is 20.8 Å². The quantitative estimate of drug-likeness (QED) is 0.609. The minimum absolute atomic E-state index is 0.168. The van der Waals surface area contributed by atoms with E-state index >= 15 is 0 Å². The van der Waals surface area contributed by atoms with Crippen LogP contribution in [-0.4, -0.2) is 47.2 Å². The molecule has 0 spiro atoms. The number of amides is 2. The fourth-order valence-corrected chi connectivity index (χ4v) is 1.00. The molecule has 0 atom stereocenters. The Hall–Kier alpha value is -1.30. The average molecular weight is 217 g/mol. The van der Waals surface area contributed by atoms with E-state index in [-0.39, 0.29) is 12.5 Å². The Bertz CT molecular complexity index is 235. The normalized spacial score (nSPS) is 10.9. The van der Waals surface area contributed by atoms with Crippen molar-refractivity contribution in [3.8, 4) is 0 Å². The van der Waals surface area contributed by atoms with Crippen molar-refractivity contribution in [2.75, 3.05) is 19.6 Å². The minimum atomic E-state index is -1.11. The molecule has 0 fully saturated rings.